The normalized spacial score (nSPS) is 12.9. The number of alkyl carbamates (subject to hydrolysis) is 1. The summed E-state index contributed by atoms with van der Waals surface area (Å²) in [6.45, 7) is 5.36. The number of nitrogens with one attached hydrogen (secondary N) is 3. The van der Waals surface area contributed by atoms with Gasteiger partial charge in [0.25, 0.3) is 0 Å². The molecule has 2 atom stereocenters. The monoisotopic (exact) mass is 436 g/mol. The average molecular weight is 437 g/mol. The Labute approximate surface area is 181 Å². The molecule has 0 fully saturated rings. The van der Waals surface area contributed by atoms with Gasteiger partial charge >= 0.3 is 12.2 Å². The second-order valence-corrected chi connectivity index (χ2v) is 8.08. The van der Waals surface area contributed by atoms with Crippen LogP contribution < -0.4 is 21.7 Å². The molecule has 10 nitrogen and oxygen atoms in total. The van der Waals surface area contributed by atoms with Gasteiger partial charge in [0.05, 0.1) is 0 Å². The highest BCUT2D eigenvalue weighted by atomic mass is 16.6. The Kier molecular flexibility index (Phi) is 10.3. The Bertz CT molecular complexity index is 748. The number of hydrogen-bond donors (Lipinski definition) is 5. The van der Waals surface area contributed by atoms with Crippen molar-refractivity contribution in [3.05, 3.63) is 35.9 Å². The van der Waals surface area contributed by atoms with Crippen molar-refractivity contribution in [1.29, 1.82) is 0 Å². The minimum absolute atomic E-state index is 0.194. The zero-order valence-corrected chi connectivity index (χ0v) is 18.1. The molecule has 0 bridgehead atoms. The summed E-state index contributed by atoms with van der Waals surface area (Å²) in [6.07, 6.45) is -0.491. The minimum Gasteiger partial charge on any atom is -0.465 e. The van der Waals surface area contributed by atoms with Crippen LogP contribution in [0.15, 0.2) is 30.3 Å². The smallest absolute Gasteiger partial charge is 0.408 e. The summed E-state index contributed by atoms with van der Waals surface area (Å²) in [7, 11) is 0. The molecule has 1 aromatic rings. The summed E-state index contributed by atoms with van der Waals surface area (Å²) in [4.78, 5) is 47.3. The lowest BCUT2D eigenvalue weighted by Crippen LogP contribution is -2.54. The summed E-state index contributed by atoms with van der Waals surface area (Å²) >= 11 is 0. The van der Waals surface area contributed by atoms with Crippen LogP contribution in [0.4, 0.5) is 9.59 Å². The number of unbranched alkanes of at least 4 members (excludes halogenated alkanes) is 1. The Morgan fingerprint density at radius 3 is 2.23 bits per heavy atom. The van der Waals surface area contributed by atoms with Gasteiger partial charge in [-0.2, -0.15) is 0 Å². The van der Waals surface area contributed by atoms with Gasteiger partial charge in [-0.05, 0) is 45.6 Å². The highest BCUT2D eigenvalue weighted by Crippen LogP contribution is 2.09. The maximum atomic E-state index is 12.9. The van der Waals surface area contributed by atoms with Crippen LogP contribution >= 0.6 is 0 Å². The van der Waals surface area contributed by atoms with Gasteiger partial charge < -0.3 is 31.5 Å². The molecule has 172 valence electrons. The number of benzene rings is 1. The second kappa shape index (κ2) is 12.4. The van der Waals surface area contributed by atoms with Gasteiger partial charge in [-0.3, -0.25) is 9.59 Å². The Hall–Kier alpha value is -3.30. The van der Waals surface area contributed by atoms with Crippen molar-refractivity contribution in [2.45, 2.75) is 64.1 Å². The lowest BCUT2D eigenvalue weighted by Gasteiger charge is -2.25. The topological polar surface area (TPSA) is 160 Å². The van der Waals surface area contributed by atoms with E-state index in [0.717, 1.165) is 5.56 Å². The van der Waals surface area contributed by atoms with Crippen LogP contribution in [0.2, 0.25) is 0 Å². The molecule has 0 aliphatic heterocycles. The number of ether oxygens (including phenoxy) is 1. The Morgan fingerprint density at radius 1 is 1.03 bits per heavy atom. The Morgan fingerprint density at radius 2 is 1.68 bits per heavy atom. The number of amides is 4. The van der Waals surface area contributed by atoms with E-state index in [-0.39, 0.29) is 19.4 Å². The van der Waals surface area contributed by atoms with E-state index < -0.39 is 41.7 Å². The van der Waals surface area contributed by atoms with Gasteiger partial charge in [0.2, 0.25) is 11.8 Å². The molecule has 1 aromatic carbocycles. The van der Waals surface area contributed by atoms with E-state index in [4.69, 9.17) is 15.6 Å². The zero-order valence-electron chi connectivity index (χ0n) is 18.1. The van der Waals surface area contributed by atoms with Crippen molar-refractivity contribution >= 4 is 24.0 Å². The summed E-state index contributed by atoms with van der Waals surface area (Å²) in [5, 5.41) is 15.9. The summed E-state index contributed by atoms with van der Waals surface area (Å²) in [5.74, 6) is -1.28. The third-order valence-corrected chi connectivity index (χ3v) is 4.15. The van der Waals surface area contributed by atoms with Gasteiger partial charge in [-0.25, -0.2) is 9.59 Å². The van der Waals surface area contributed by atoms with Crippen molar-refractivity contribution < 1.29 is 29.0 Å². The lowest BCUT2D eigenvalue weighted by molar-refractivity contribution is -0.128. The van der Waals surface area contributed by atoms with Crippen molar-refractivity contribution in [3.8, 4) is 0 Å². The standard InChI is InChI=1S/C21H32N4O6/c1-21(2,3)31-20(30)25-16(13-14-9-5-4-6-10-14)18(27)24-15(17(22)26)11-7-8-12-23-19(28)29/h4-6,9-10,15-16,23H,7-8,11-13H2,1-3H3,(H2,22,26)(H,24,27)(H,25,30)(H,28,29). The van der Waals surface area contributed by atoms with Gasteiger partial charge in [-0.15, -0.1) is 0 Å². The molecule has 0 saturated carbocycles. The van der Waals surface area contributed by atoms with E-state index in [9.17, 15) is 19.2 Å². The van der Waals surface area contributed by atoms with Crippen LogP contribution in [0.25, 0.3) is 0 Å². The van der Waals surface area contributed by atoms with E-state index in [2.05, 4.69) is 16.0 Å². The third kappa shape index (κ3) is 11.5. The van der Waals surface area contributed by atoms with Crippen LogP contribution in [0.5, 0.6) is 0 Å². The van der Waals surface area contributed by atoms with Gasteiger partial charge in [0.1, 0.15) is 17.7 Å². The molecule has 0 saturated heterocycles. The number of primary amides is 1. The molecule has 0 radical (unpaired) electrons. The first-order valence-corrected chi connectivity index (χ1v) is 10.1. The third-order valence-electron chi connectivity index (χ3n) is 4.15. The molecule has 4 amide bonds. The van der Waals surface area contributed by atoms with E-state index >= 15 is 0 Å². The number of hydrogen-bond acceptors (Lipinski definition) is 5. The molecule has 0 aliphatic carbocycles. The van der Waals surface area contributed by atoms with E-state index in [1.54, 1.807) is 20.8 Å². The summed E-state index contributed by atoms with van der Waals surface area (Å²) in [5.41, 5.74) is 5.49. The predicted octanol–water partition coefficient (Wildman–Crippen LogP) is 1.53. The molecule has 6 N–H and O–H groups in total. The molecule has 2 unspecified atom stereocenters. The van der Waals surface area contributed by atoms with Crippen molar-refractivity contribution in [2.75, 3.05) is 6.54 Å². The van der Waals surface area contributed by atoms with Crippen molar-refractivity contribution in [2.24, 2.45) is 5.73 Å². The maximum Gasteiger partial charge on any atom is 0.408 e. The fraction of sp³-hybridized carbons (Fsp3) is 0.524. The number of carboxylic acid groups (broad SMARTS) is 1. The highest BCUT2D eigenvalue weighted by molar-refractivity contribution is 5.90. The molecular weight excluding hydrogens is 404 g/mol. The van der Waals surface area contributed by atoms with E-state index in [0.29, 0.717) is 12.8 Å². The van der Waals surface area contributed by atoms with Crippen LogP contribution in [0, 0.1) is 0 Å². The number of nitrogens with two attached hydrogens (primary N) is 1. The largest absolute Gasteiger partial charge is 0.465 e. The zero-order chi connectivity index (χ0) is 23.4. The van der Waals surface area contributed by atoms with Crippen LogP contribution in [-0.2, 0) is 20.7 Å². The summed E-state index contributed by atoms with van der Waals surface area (Å²) < 4.78 is 5.24. The Balaban J connectivity index is 2.79. The van der Waals surface area contributed by atoms with Crippen molar-refractivity contribution in [1.82, 2.24) is 16.0 Å². The predicted molar refractivity (Wildman–Crippen MR) is 114 cm³/mol. The second-order valence-electron chi connectivity index (χ2n) is 8.08. The maximum absolute atomic E-state index is 12.9. The SMILES string of the molecule is CC(C)(C)OC(=O)NC(Cc1ccccc1)C(=O)NC(CCCCNC(=O)O)C(N)=O. The quantitative estimate of drug-likeness (QED) is 0.331. The van der Waals surface area contributed by atoms with Gasteiger partial charge in [-0.1, -0.05) is 30.3 Å². The number of carbonyl (C=O) groups excluding carboxylic acids is 3. The van der Waals surface area contributed by atoms with Crippen molar-refractivity contribution in [3.63, 3.8) is 0 Å². The lowest BCUT2D eigenvalue weighted by atomic mass is 10.0. The van der Waals surface area contributed by atoms with Gasteiger partial charge in [0.15, 0.2) is 0 Å². The molecule has 0 aromatic heterocycles. The van der Waals surface area contributed by atoms with Crippen LogP contribution in [-0.4, -0.2) is 53.3 Å². The first kappa shape index (κ1) is 25.7. The summed E-state index contributed by atoms with van der Waals surface area (Å²) in [6, 6.07) is 7.17. The number of rotatable bonds is 11. The molecule has 31 heavy (non-hydrogen) atoms. The first-order chi connectivity index (χ1) is 14.5. The van der Waals surface area contributed by atoms with Crippen LogP contribution in [0.3, 0.4) is 0 Å². The first-order valence-electron chi connectivity index (χ1n) is 10.1. The molecular formula is C21H32N4O6. The fourth-order valence-corrected chi connectivity index (χ4v) is 2.74. The molecule has 0 spiro atoms. The van der Waals surface area contributed by atoms with Crippen LogP contribution in [0.1, 0.15) is 45.6 Å². The average Bonchev–Trinajstić information content (AvgIpc) is 2.65. The van der Waals surface area contributed by atoms with E-state index in [1.807, 2.05) is 30.3 Å². The molecule has 1 rings (SSSR count). The highest BCUT2D eigenvalue weighted by Gasteiger charge is 2.27. The molecule has 0 aliphatic rings. The fourth-order valence-electron chi connectivity index (χ4n) is 2.74. The number of carbonyl (C=O) groups is 4. The minimum atomic E-state index is -1.13. The van der Waals surface area contributed by atoms with E-state index in [1.165, 1.54) is 0 Å². The van der Waals surface area contributed by atoms with Gasteiger partial charge in [0, 0.05) is 13.0 Å². The molecule has 10 heteroatoms. The molecule has 0 heterocycles.